The predicted octanol–water partition coefficient (Wildman–Crippen LogP) is 0.196. The van der Waals surface area contributed by atoms with E-state index in [4.69, 9.17) is 5.11 Å². The zero-order valence-corrected chi connectivity index (χ0v) is 13.9. The number of carbonyl (C=O) groups is 2. The highest BCUT2D eigenvalue weighted by Crippen LogP contribution is 2.18. The molecule has 11 heteroatoms. The van der Waals surface area contributed by atoms with E-state index in [1.165, 1.54) is 4.90 Å². The van der Waals surface area contributed by atoms with Gasteiger partial charge < -0.3 is 10.0 Å². The second kappa shape index (κ2) is 7.57. The summed E-state index contributed by atoms with van der Waals surface area (Å²) >= 11 is 0. The number of sulfonamides is 1. The van der Waals surface area contributed by atoms with Crippen LogP contribution in [0.2, 0.25) is 0 Å². The number of carboxylic acid groups (broad SMARTS) is 1. The Balaban J connectivity index is 1.87. The van der Waals surface area contributed by atoms with Crippen LogP contribution in [0.5, 0.6) is 0 Å². The van der Waals surface area contributed by atoms with Crippen LogP contribution in [0.15, 0.2) is 29.2 Å². The molecular weight excluding hydrogens is 354 g/mol. The van der Waals surface area contributed by atoms with Gasteiger partial charge in [-0.05, 0) is 18.6 Å². The van der Waals surface area contributed by atoms with E-state index in [-0.39, 0.29) is 36.0 Å². The Morgan fingerprint density at radius 2 is 1.96 bits per heavy atom. The number of hydrogen-bond donors (Lipinski definition) is 2. The molecule has 10 nitrogen and oxygen atoms in total. The summed E-state index contributed by atoms with van der Waals surface area (Å²) in [4.78, 5) is 34.0. The highest BCUT2D eigenvalue weighted by molar-refractivity contribution is 7.89. The minimum atomic E-state index is -3.88. The summed E-state index contributed by atoms with van der Waals surface area (Å²) in [5.74, 6) is -1.86. The minimum absolute atomic E-state index is 0.0987. The number of aliphatic carboxylic acids is 1. The van der Waals surface area contributed by atoms with Gasteiger partial charge in [0.2, 0.25) is 15.9 Å². The minimum Gasteiger partial charge on any atom is -0.481 e. The average Bonchev–Trinajstić information content (AvgIpc) is 3.05. The van der Waals surface area contributed by atoms with Gasteiger partial charge in [0.15, 0.2) is 0 Å². The normalized spacial score (nSPS) is 17.4. The van der Waals surface area contributed by atoms with Gasteiger partial charge in [-0.25, -0.2) is 13.1 Å². The van der Waals surface area contributed by atoms with E-state index in [9.17, 15) is 28.1 Å². The largest absolute Gasteiger partial charge is 0.481 e. The van der Waals surface area contributed by atoms with Crippen molar-refractivity contribution in [3.05, 3.63) is 34.4 Å². The van der Waals surface area contributed by atoms with Gasteiger partial charge in [-0.1, -0.05) is 0 Å². The Bertz CT molecular complexity index is 776. The van der Waals surface area contributed by atoms with Crippen LogP contribution in [0, 0.1) is 16.0 Å². The molecule has 0 spiro atoms. The molecule has 1 aliphatic rings. The third-order valence-corrected chi connectivity index (χ3v) is 5.36. The molecule has 0 aromatic heterocycles. The summed E-state index contributed by atoms with van der Waals surface area (Å²) < 4.78 is 26.4. The van der Waals surface area contributed by atoms with Crippen molar-refractivity contribution in [2.24, 2.45) is 5.92 Å². The summed E-state index contributed by atoms with van der Waals surface area (Å²) in [6.07, 6.45) is 0.286. The lowest BCUT2D eigenvalue weighted by Gasteiger charge is -2.15. The Hall–Kier alpha value is -2.53. The molecule has 1 aliphatic heterocycles. The molecular formula is C14H17N3O7S. The number of carboxylic acids is 1. The lowest BCUT2D eigenvalue weighted by Crippen LogP contribution is -2.33. The van der Waals surface area contributed by atoms with E-state index >= 15 is 0 Å². The molecule has 136 valence electrons. The summed E-state index contributed by atoms with van der Waals surface area (Å²) in [6, 6.07) is 4.38. The number of nitro groups is 1. The number of nitrogens with zero attached hydrogens (tertiary/aromatic N) is 2. The number of likely N-dealkylation sites (tertiary alicyclic amines) is 1. The van der Waals surface area contributed by atoms with Gasteiger partial charge in [0, 0.05) is 38.2 Å². The smallest absolute Gasteiger partial charge is 0.308 e. The van der Waals surface area contributed by atoms with Crippen LogP contribution in [0.3, 0.4) is 0 Å². The van der Waals surface area contributed by atoms with E-state index in [0.29, 0.717) is 13.0 Å². The van der Waals surface area contributed by atoms with Gasteiger partial charge in [0.1, 0.15) is 0 Å². The highest BCUT2D eigenvalue weighted by atomic mass is 32.2. The molecule has 0 bridgehead atoms. The molecule has 25 heavy (non-hydrogen) atoms. The Kier molecular flexibility index (Phi) is 5.69. The lowest BCUT2D eigenvalue weighted by molar-refractivity contribution is -0.384. The molecule has 2 N–H and O–H groups in total. The van der Waals surface area contributed by atoms with E-state index in [1.54, 1.807) is 0 Å². The van der Waals surface area contributed by atoms with E-state index in [2.05, 4.69) is 4.72 Å². The predicted molar refractivity (Wildman–Crippen MR) is 85.2 cm³/mol. The molecule has 2 rings (SSSR count). The van der Waals surface area contributed by atoms with Crippen LogP contribution >= 0.6 is 0 Å². The maximum absolute atomic E-state index is 12.1. The van der Waals surface area contributed by atoms with Crippen molar-refractivity contribution in [2.75, 3.05) is 19.6 Å². The van der Waals surface area contributed by atoms with Gasteiger partial charge in [0.25, 0.3) is 5.69 Å². The molecule has 0 aliphatic carbocycles. The van der Waals surface area contributed by atoms with Crippen LogP contribution in [-0.4, -0.2) is 54.9 Å². The Labute approximate surface area is 143 Å². The van der Waals surface area contributed by atoms with Gasteiger partial charge in [0.05, 0.1) is 15.7 Å². The van der Waals surface area contributed by atoms with Crippen LogP contribution in [-0.2, 0) is 19.6 Å². The first-order valence-electron chi connectivity index (χ1n) is 7.45. The number of non-ortho nitro benzene ring substituents is 1. The van der Waals surface area contributed by atoms with Crippen molar-refractivity contribution in [3.8, 4) is 0 Å². The maximum Gasteiger partial charge on any atom is 0.308 e. The standard InChI is InChI=1S/C14H17N3O7S/c18-13(16-8-6-10(9-16)14(19)20)5-7-15-25(23,24)12-3-1-11(2-4-12)17(21)22/h1-4,10,15H,5-9H2,(H,19,20). The number of rotatable bonds is 7. The molecule has 1 heterocycles. The fourth-order valence-corrected chi connectivity index (χ4v) is 3.50. The zero-order chi connectivity index (χ0) is 18.6. The zero-order valence-electron chi connectivity index (χ0n) is 13.1. The summed E-state index contributed by atoms with van der Waals surface area (Å²) in [6.45, 7) is 0.320. The lowest BCUT2D eigenvalue weighted by atomic mass is 10.1. The fourth-order valence-electron chi connectivity index (χ4n) is 2.47. The van der Waals surface area contributed by atoms with Crippen LogP contribution in [0.4, 0.5) is 5.69 Å². The van der Waals surface area contributed by atoms with E-state index in [1.807, 2.05) is 0 Å². The van der Waals surface area contributed by atoms with E-state index < -0.39 is 26.8 Å². The average molecular weight is 371 g/mol. The summed E-state index contributed by atoms with van der Waals surface area (Å²) in [5, 5.41) is 19.5. The topological polar surface area (TPSA) is 147 Å². The van der Waals surface area contributed by atoms with Crippen LogP contribution < -0.4 is 4.72 Å². The van der Waals surface area contributed by atoms with Gasteiger partial charge in [-0.2, -0.15) is 0 Å². The number of nitrogens with one attached hydrogen (secondary N) is 1. The van der Waals surface area contributed by atoms with Crippen molar-refractivity contribution in [3.63, 3.8) is 0 Å². The highest BCUT2D eigenvalue weighted by Gasteiger charge is 2.30. The van der Waals surface area contributed by atoms with Crippen molar-refractivity contribution < 1.29 is 28.0 Å². The Morgan fingerprint density at radius 3 is 2.48 bits per heavy atom. The number of hydrogen-bond acceptors (Lipinski definition) is 6. The molecule has 1 amide bonds. The number of benzene rings is 1. The fraction of sp³-hybridized carbons (Fsp3) is 0.429. The third kappa shape index (κ3) is 4.73. The summed E-state index contributed by atoms with van der Waals surface area (Å²) in [7, 11) is -3.88. The van der Waals surface area contributed by atoms with E-state index in [0.717, 1.165) is 24.3 Å². The first-order valence-corrected chi connectivity index (χ1v) is 8.94. The summed E-state index contributed by atoms with van der Waals surface area (Å²) in [5.41, 5.74) is -0.226. The van der Waals surface area contributed by atoms with Crippen molar-refractivity contribution in [1.82, 2.24) is 9.62 Å². The molecule has 1 aromatic rings. The molecule has 1 aromatic carbocycles. The quantitative estimate of drug-likeness (QED) is 0.514. The molecule has 1 unspecified atom stereocenters. The number of nitro benzene ring substituents is 1. The second-order valence-corrected chi connectivity index (χ2v) is 7.33. The monoisotopic (exact) mass is 371 g/mol. The molecule has 0 saturated carbocycles. The molecule has 1 fully saturated rings. The number of amides is 1. The third-order valence-electron chi connectivity index (χ3n) is 3.88. The molecule has 1 saturated heterocycles. The SMILES string of the molecule is O=C(O)C1CCN(C(=O)CCNS(=O)(=O)c2ccc([N+](=O)[O-])cc2)C1. The van der Waals surface area contributed by atoms with Gasteiger partial charge >= 0.3 is 5.97 Å². The van der Waals surface area contributed by atoms with Crippen molar-refractivity contribution in [1.29, 1.82) is 0 Å². The van der Waals surface area contributed by atoms with Crippen LogP contribution in [0.25, 0.3) is 0 Å². The number of carbonyl (C=O) groups excluding carboxylic acids is 1. The Morgan fingerprint density at radius 1 is 1.32 bits per heavy atom. The first-order chi connectivity index (χ1) is 11.7. The van der Waals surface area contributed by atoms with Gasteiger partial charge in [-0.15, -0.1) is 0 Å². The molecule has 0 radical (unpaired) electrons. The van der Waals surface area contributed by atoms with Crippen LogP contribution in [0.1, 0.15) is 12.8 Å². The first kappa shape index (κ1) is 18.8. The molecule has 1 atom stereocenters. The van der Waals surface area contributed by atoms with Gasteiger partial charge in [-0.3, -0.25) is 19.7 Å². The maximum atomic E-state index is 12.1. The van der Waals surface area contributed by atoms with Crippen molar-refractivity contribution in [2.45, 2.75) is 17.7 Å². The van der Waals surface area contributed by atoms with Crippen molar-refractivity contribution >= 4 is 27.6 Å². The second-order valence-electron chi connectivity index (χ2n) is 5.56.